The fraction of sp³-hybridized carbons (Fsp3) is 0.917. The molecule has 14 heavy (non-hydrogen) atoms. The van der Waals surface area contributed by atoms with Gasteiger partial charge in [0.15, 0.2) is 0 Å². The molecule has 0 aromatic rings. The van der Waals surface area contributed by atoms with Crippen LogP contribution in [0.5, 0.6) is 0 Å². The van der Waals surface area contributed by atoms with Gasteiger partial charge in [0.2, 0.25) is 0 Å². The largest absolute Gasteiger partial charge is 0.459 e. The second kappa shape index (κ2) is 4.81. The first-order chi connectivity index (χ1) is 6.58. The van der Waals surface area contributed by atoms with Crippen molar-refractivity contribution >= 4 is 5.97 Å². The molecular weight excluding hydrogens is 176 g/mol. The van der Waals surface area contributed by atoms with Gasteiger partial charge in [0.05, 0.1) is 0 Å². The fourth-order valence-electron chi connectivity index (χ4n) is 2.45. The summed E-state index contributed by atoms with van der Waals surface area (Å²) < 4.78 is 5.53. The molecule has 82 valence electrons. The molecule has 0 bridgehead atoms. The first kappa shape index (κ1) is 11.5. The zero-order valence-electron chi connectivity index (χ0n) is 9.64. The molecule has 1 aliphatic carbocycles. The van der Waals surface area contributed by atoms with Crippen molar-refractivity contribution in [2.24, 2.45) is 5.92 Å². The van der Waals surface area contributed by atoms with E-state index in [0.717, 1.165) is 31.6 Å². The van der Waals surface area contributed by atoms with Crippen LogP contribution in [0.25, 0.3) is 0 Å². The molecule has 0 atom stereocenters. The lowest BCUT2D eigenvalue weighted by Crippen LogP contribution is -2.38. The van der Waals surface area contributed by atoms with Crippen LogP contribution in [0.2, 0.25) is 0 Å². The van der Waals surface area contributed by atoms with Gasteiger partial charge in [-0.3, -0.25) is 4.79 Å². The summed E-state index contributed by atoms with van der Waals surface area (Å²) in [6, 6.07) is 0. The Morgan fingerprint density at radius 1 is 1.43 bits per heavy atom. The number of carbonyl (C=O) groups is 1. The van der Waals surface area contributed by atoms with Gasteiger partial charge in [0.1, 0.15) is 5.60 Å². The second-order valence-corrected chi connectivity index (χ2v) is 4.71. The van der Waals surface area contributed by atoms with Crippen molar-refractivity contribution in [2.45, 2.75) is 64.9 Å². The molecule has 0 saturated heterocycles. The topological polar surface area (TPSA) is 26.3 Å². The normalized spacial score (nSPS) is 32.6. The Balaban J connectivity index is 2.57. The number of esters is 1. The van der Waals surface area contributed by atoms with Gasteiger partial charge >= 0.3 is 5.97 Å². The highest BCUT2D eigenvalue weighted by molar-refractivity contribution is 5.66. The molecule has 0 aromatic heterocycles. The van der Waals surface area contributed by atoms with Crippen LogP contribution in [0.1, 0.15) is 59.3 Å². The van der Waals surface area contributed by atoms with Crippen molar-refractivity contribution in [3.05, 3.63) is 0 Å². The molecule has 1 fully saturated rings. The molecule has 0 spiro atoms. The van der Waals surface area contributed by atoms with Gasteiger partial charge in [-0.2, -0.15) is 0 Å². The van der Waals surface area contributed by atoms with Crippen LogP contribution >= 0.6 is 0 Å². The first-order valence-electron chi connectivity index (χ1n) is 5.77. The second-order valence-electron chi connectivity index (χ2n) is 4.71. The van der Waals surface area contributed by atoms with Gasteiger partial charge in [0.25, 0.3) is 0 Å². The molecule has 0 amide bonds. The van der Waals surface area contributed by atoms with E-state index in [-0.39, 0.29) is 11.6 Å². The van der Waals surface area contributed by atoms with E-state index in [0.29, 0.717) is 0 Å². The molecule has 1 rings (SSSR count). The van der Waals surface area contributed by atoms with E-state index < -0.39 is 0 Å². The van der Waals surface area contributed by atoms with Gasteiger partial charge < -0.3 is 4.74 Å². The number of rotatable bonds is 3. The summed E-state index contributed by atoms with van der Waals surface area (Å²) in [6.45, 7) is 5.96. The van der Waals surface area contributed by atoms with Gasteiger partial charge in [-0.1, -0.05) is 20.3 Å². The Bertz CT molecular complexity index is 190. The maximum Gasteiger partial charge on any atom is 0.303 e. The van der Waals surface area contributed by atoms with Crippen LogP contribution in [0.3, 0.4) is 0 Å². The molecule has 0 heterocycles. The summed E-state index contributed by atoms with van der Waals surface area (Å²) in [7, 11) is 0. The zero-order valence-corrected chi connectivity index (χ0v) is 9.64. The molecule has 0 radical (unpaired) electrons. The van der Waals surface area contributed by atoms with E-state index in [1.165, 1.54) is 19.8 Å². The summed E-state index contributed by atoms with van der Waals surface area (Å²) in [5.41, 5.74) is -0.118. The van der Waals surface area contributed by atoms with Crippen LogP contribution < -0.4 is 0 Å². The zero-order chi connectivity index (χ0) is 10.6. The molecule has 2 nitrogen and oxygen atoms in total. The van der Waals surface area contributed by atoms with Crippen LogP contribution in [0.15, 0.2) is 0 Å². The van der Waals surface area contributed by atoms with E-state index >= 15 is 0 Å². The van der Waals surface area contributed by atoms with Gasteiger partial charge in [0, 0.05) is 6.92 Å². The van der Waals surface area contributed by atoms with Crippen molar-refractivity contribution in [3.8, 4) is 0 Å². The first-order valence-corrected chi connectivity index (χ1v) is 5.77. The standard InChI is InChI=1S/C12H22O2/c1-4-7-12(14-11(3)13)8-5-10(2)6-9-12/h10H,4-9H2,1-3H3. The quantitative estimate of drug-likeness (QED) is 0.650. The van der Waals surface area contributed by atoms with Crippen LogP contribution in [0.4, 0.5) is 0 Å². The monoisotopic (exact) mass is 198 g/mol. The molecular formula is C12H22O2. The van der Waals surface area contributed by atoms with Crippen molar-refractivity contribution < 1.29 is 9.53 Å². The Hall–Kier alpha value is -0.530. The molecule has 0 aromatic carbocycles. The molecule has 1 saturated carbocycles. The lowest BCUT2D eigenvalue weighted by atomic mass is 9.77. The van der Waals surface area contributed by atoms with Gasteiger partial charge in [-0.05, 0) is 38.0 Å². The number of carbonyl (C=O) groups excluding carboxylic acids is 1. The third-order valence-electron chi connectivity index (χ3n) is 3.25. The summed E-state index contributed by atoms with van der Waals surface area (Å²) >= 11 is 0. The number of hydrogen-bond donors (Lipinski definition) is 0. The van der Waals surface area contributed by atoms with Crippen molar-refractivity contribution in [3.63, 3.8) is 0 Å². The van der Waals surface area contributed by atoms with Crippen LogP contribution in [0, 0.1) is 5.92 Å². The molecule has 0 unspecified atom stereocenters. The van der Waals surface area contributed by atoms with Crippen molar-refractivity contribution in [2.75, 3.05) is 0 Å². The third kappa shape index (κ3) is 3.00. The van der Waals surface area contributed by atoms with Crippen LogP contribution in [-0.2, 0) is 9.53 Å². The smallest absolute Gasteiger partial charge is 0.303 e. The highest BCUT2D eigenvalue weighted by Gasteiger charge is 2.35. The van der Waals surface area contributed by atoms with Crippen LogP contribution in [-0.4, -0.2) is 11.6 Å². The average Bonchev–Trinajstić information content (AvgIpc) is 2.10. The molecule has 2 heteroatoms. The minimum atomic E-state index is -0.118. The Labute approximate surface area is 87.0 Å². The van der Waals surface area contributed by atoms with E-state index in [1.807, 2.05) is 0 Å². The Morgan fingerprint density at radius 2 is 2.00 bits per heavy atom. The minimum absolute atomic E-state index is 0.118. The fourth-order valence-corrected chi connectivity index (χ4v) is 2.45. The number of hydrogen-bond acceptors (Lipinski definition) is 2. The van der Waals surface area contributed by atoms with E-state index in [9.17, 15) is 4.79 Å². The average molecular weight is 198 g/mol. The molecule has 0 aliphatic heterocycles. The van der Waals surface area contributed by atoms with Crippen molar-refractivity contribution in [1.82, 2.24) is 0 Å². The van der Waals surface area contributed by atoms with Gasteiger partial charge in [-0.15, -0.1) is 0 Å². The van der Waals surface area contributed by atoms with Crippen molar-refractivity contribution in [1.29, 1.82) is 0 Å². The summed E-state index contributed by atoms with van der Waals surface area (Å²) in [5, 5.41) is 0. The lowest BCUT2D eigenvalue weighted by molar-refractivity contribution is -0.162. The molecule has 0 N–H and O–H groups in total. The predicted octanol–water partition coefficient (Wildman–Crippen LogP) is 3.30. The SMILES string of the molecule is CCCC1(OC(C)=O)CCC(C)CC1. The lowest BCUT2D eigenvalue weighted by Gasteiger charge is -2.38. The van der Waals surface area contributed by atoms with Gasteiger partial charge in [-0.25, -0.2) is 0 Å². The van der Waals surface area contributed by atoms with E-state index in [4.69, 9.17) is 4.74 Å². The van der Waals surface area contributed by atoms with E-state index in [1.54, 1.807) is 0 Å². The minimum Gasteiger partial charge on any atom is -0.459 e. The Kier molecular flexibility index (Phi) is 3.97. The maximum absolute atomic E-state index is 11.1. The maximum atomic E-state index is 11.1. The molecule has 1 aliphatic rings. The summed E-state index contributed by atoms with van der Waals surface area (Å²) in [4.78, 5) is 11.1. The Morgan fingerprint density at radius 3 is 2.43 bits per heavy atom. The number of ether oxygens (including phenoxy) is 1. The predicted molar refractivity (Wildman–Crippen MR) is 57.0 cm³/mol. The third-order valence-corrected chi connectivity index (χ3v) is 3.25. The highest BCUT2D eigenvalue weighted by atomic mass is 16.6. The highest BCUT2D eigenvalue weighted by Crippen LogP contribution is 2.37. The summed E-state index contributed by atoms with van der Waals surface area (Å²) in [5.74, 6) is 0.684. The van der Waals surface area contributed by atoms with E-state index in [2.05, 4.69) is 13.8 Å². The summed E-state index contributed by atoms with van der Waals surface area (Å²) in [6.07, 6.45) is 6.64.